The van der Waals surface area contributed by atoms with Crippen LogP contribution in [0.3, 0.4) is 0 Å². The number of rotatable bonds is 2. The largest absolute Gasteiger partial charge is 1.00 e. The van der Waals surface area contributed by atoms with Crippen molar-refractivity contribution in [2.75, 3.05) is 0 Å². The van der Waals surface area contributed by atoms with Crippen LogP contribution in [0, 0.1) is 0 Å². The van der Waals surface area contributed by atoms with E-state index in [9.17, 15) is 0 Å². The summed E-state index contributed by atoms with van der Waals surface area (Å²) in [5, 5.41) is 5.24. The maximum atomic E-state index is 4.62. The normalized spacial score (nSPS) is 9.88. The summed E-state index contributed by atoms with van der Waals surface area (Å²) >= 11 is 3.40. The van der Waals surface area contributed by atoms with E-state index in [4.69, 9.17) is 0 Å². The molecule has 0 spiro atoms. The molecule has 0 radical (unpaired) electrons. The molecule has 0 fully saturated rings. The van der Waals surface area contributed by atoms with Crippen LogP contribution in [0.25, 0.3) is 21.1 Å². The Morgan fingerprint density at radius 1 is 1.06 bits per heavy atom. The van der Waals surface area contributed by atoms with Crippen molar-refractivity contribution >= 4 is 22.7 Å². The predicted octanol–water partition coefficient (Wildman–Crippen LogP) is 1.05. The fourth-order valence-corrected chi connectivity index (χ4v) is 3.09. The van der Waals surface area contributed by atoms with Crippen molar-refractivity contribution in [2.24, 2.45) is 0 Å². The van der Waals surface area contributed by atoms with E-state index in [-0.39, 0.29) is 31.0 Å². The molecule has 0 saturated carbocycles. The van der Waals surface area contributed by atoms with E-state index in [1.807, 2.05) is 18.2 Å². The zero-order chi connectivity index (χ0) is 10.8. The number of nitrogens with zero attached hydrogens (tertiary/aromatic N) is 2. The Morgan fingerprint density at radius 3 is 2.59 bits per heavy atom. The topological polar surface area (TPSA) is 25.8 Å². The van der Waals surface area contributed by atoms with Gasteiger partial charge in [0.15, 0.2) is 0 Å². The molecule has 0 unspecified atom stereocenters. The van der Waals surface area contributed by atoms with Gasteiger partial charge in [-0.25, -0.2) is 4.98 Å². The molecule has 0 aliphatic carbocycles. The van der Waals surface area contributed by atoms with Crippen LogP contribution in [-0.2, 0) is 0 Å². The minimum absolute atomic E-state index is 0. The fraction of sp³-hybridized carbons (Fsp3) is 0. The number of thiazole rings is 1. The van der Waals surface area contributed by atoms with E-state index < -0.39 is 0 Å². The first-order valence-corrected chi connectivity index (χ1v) is 6.59. The van der Waals surface area contributed by atoms with Crippen molar-refractivity contribution in [1.82, 2.24) is 9.97 Å². The molecule has 5 heteroatoms. The fourth-order valence-electron chi connectivity index (χ4n) is 1.44. The van der Waals surface area contributed by atoms with Gasteiger partial charge >= 0.3 is 29.6 Å². The van der Waals surface area contributed by atoms with Crippen molar-refractivity contribution < 1.29 is 31.0 Å². The van der Waals surface area contributed by atoms with Crippen molar-refractivity contribution in [3.05, 3.63) is 47.4 Å². The van der Waals surface area contributed by atoms with Gasteiger partial charge in [-0.05, 0) is 23.6 Å². The Balaban J connectivity index is 0.000000810. The standard InChI is InChI=1S/C12H8N2S2.Na.H/c1-2-11(15-7-1)12-14-10(8-16-12)9-3-5-13-6-4-9;;/h1-8H;;/q;+1;-1. The van der Waals surface area contributed by atoms with Crippen molar-refractivity contribution in [2.45, 2.75) is 0 Å². The maximum absolute atomic E-state index is 4.62. The SMILES string of the molecule is [H-].[Na+].c1csc(-c2nc(-c3ccncc3)cs2)c1. The van der Waals surface area contributed by atoms with Crippen molar-refractivity contribution in [3.63, 3.8) is 0 Å². The first kappa shape index (κ1) is 12.9. The maximum Gasteiger partial charge on any atom is 1.00 e. The third-order valence-corrected chi connectivity index (χ3v) is 4.09. The number of pyridine rings is 1. The second kappa shape index (κ2) is 5.89. The van der Waals surface area contributed by atoms with Gasteiger partial charge in [0.25, 0.3) is 0 Å². The molecular formula is C12H9N2NaS2. The second-order valence-corrected chi connectivity index (χ2v) is 5.06. The Hall–Kier alpha value is -0.520. The van der Waals surface area contributed by atoms with E-state index in [2.05, 4.69) is 26.8 Å². The van der Waals surface area contributed by atoms with Gasteiger partial charge in [0.05, 0.1) is 10.6 Å². The minimum atomic E-state index is 0. The van der Waals surface area contributed by atoms with Gasteiger partial charge < -0.3 is 1.43 Å². The van der Waals surface area contributed by atoms with Crippen LogP contribution >= 0.6 is 22.7 Å². The van der Waals surface area contributed by atoms with E-state index in [1.165, 1.54) is 4.88 Å². The van der Waals surface area contributed by atoms with E-state index >= 15 is 0 Å². The molecule has 3 heterocycles. The summed E-state index contributed by atoms with van der Waals surface area (Å²) in [4.78, 5) is 9.86. The van der Waals surface area contributed by atoms with E-state index in [0.29, 0.717) is 0 Å². The molecule has 0 atom stereocenters. The molecule has 0 bridgehead atoms. The summed E-state index contributed by atoms with van der Waals surface area (Å²) in [7, 11) is 0. The molecule has 3 rings (SSSR count). The van der Waals surface area contributed by atoms with Crippen LogP contribution in [0.1, 0.15) is 1.43 Å². The van der Waals surface area contributed by atoms with Crippen LogP contribution in [0.4, 0.5) is 0 Å². The molecule has 3 aromatic heterocycles. The summed E-state index contributed by atoms with van der Waals surface area (Å²) in [5.74, 6) is 0. The summed E-state index contributed by atoms with van der Waals surface area (Å²) < 4.78 is 0. The summed E-state index contributed by atoms with van der Waals surface area (Å²) in [6.45, 7) is 0. The number of hydrogen-bond donors (Lipinski definition) is 0. The third kappa shape index (κ3) is 2.84. The van der Waals surface area contributed by atoms with Gasteiger partial charge in [-0.3, -0.25) is 4.98 Å². The summed E-state index contributed by atoms with van der Waals surface area (Å²) in [6.07, 6.45) is 3.58. The molecule has 80 valence electrons. The molecule has 0 aromatic carbocycles. The van der Waals surface area contributed by atoms with Gasteiger partial charge in [0.1, 0.15) is 5.01 Å². The average Bonchev–Trinajstić information content (AvgIpc) is 3.01. The monoisotopic (exact) mass is 268 g/mol. The zero-order valence-electron chi connectivity index (χ0n) is 10.3. The van der Waals surface area contributed by atoms with Crippen LogP contribution in [0.15, 0.2) is 47.4 Å². The zero-order valence-corrected chi connectivity index (χ0v) is 13.0. The van der Waals surface area contributed by atoms with E-state index in [1.54, 1.807) is 35.1 Å². The predicted molar refractivity (Wildman–Crippen MR) is 69.8 cm³/mol. The van der Waals surface area contributed by atoms with Gasteiger partial charge in [-0.2, -0.15) is 0 Å². The van der Waals surface area contributed by atoms with Crippen LogP contribution in [-0.4, -0.2) is 9.97 Å². The van der Waals surface area contributed by atoms with Gasteiger partial charge in [0.2, 0.25) is 0 Å². The van der Waals surface area contributed by atoms with Crippen molar-refractivity contribution in [1.29, 1.82) is 0 Å². The molecule has 0 saturated heterocycles. The van der Waals surface area contributed by atoms with Gasteiger partial charge in [-0.15, -0.1) is 22.7 Å². The Labute approximate surface area is 131 Å². The molecule has 0 aliphatic heterocycles. The molecule has 3 aromatic rings. The smallest absolute Gasteiger partial charge is 1.00 e. The van der Waals surface area contributed by atoms with Crippen LogP contribution in [0.2, 0.25) is 0 Å². The van der Waals surface area contributed by atoms with Gasteiger partial charge in [0, 0.05) is 23.3 Å². The average molecular weight is 268 g/mol. The number of aromatic nitrogens is 2. The first-order chi connectivity index (χ1) is 7.93. The summed E-state index contributed by atoms with van der Waals surface area (Å²) in [6, 6.07) is 8.11. The minimum Gasteiger partial charge on any atom is -1.00 e. The quantitative estimate of drug-likeness (QED) is 0.649. The van der Waals surface area contributed by atoms with Crippen LogP contribution < -0.4 is 29.6 Å². The summed E-state index contributed by atoms with van der Waals surface area (Å²) in [5.41, 5.74) is 2.14. The molecule has 17 heavy (non-hydrogen) atoms. The van der Waals surface area contributed by atoms with E-state index in [0.717, 1.165) is 16.3 Å². The third-order valence-electron chi connectivity index (χ3n) is 2.21. The van der Waals surface area contributed by atoms with Crippen LogP contribution in [0.5, 0.6) is 0 Å². The second-order valence-electron chi connectivity index (χ2n) is 3.25. The Bertz CT molecular complexity index is 581. The Morgan fingerprint density at radius 2 is 1.88 bits per heavy atom. The van der Waals surface area contributed by atoms with Crippen molar-refractivity contribution in [3.8, 4) is 21.1 Å². The molecule has 0 amide bonds. The van der Waals surface area contributed by atoms with Gasteiger partial charge in [-0.1, -0.05) is 6.07 Å². The molecule has 0 aliphatic rings. The Kier molecular flexibility index (Phi) is 4.48. The molecular weight excluding hydrogens is 259 g/mol. The molecule has 2 nitrogen and oxygen atoms in total. The number of hydrogen-bond acceptors (Lipinski definition) is 4. The molecule has 0 N–H and O–H groups in total. The first-order valence-electron chi connectivity index (χ1n) is 4.83. The number of thiophene rings is 1.